The number of nitrogens with two attached hydrogens (primary N) is 1. The fourth-order valence-electron chi connectivity index (χ4n) is 2.63. The van der Waals surface area contributed by atoms with Gasteiger partial charge in [0.15, 0.2) is 0 Å². The molecule has 4 N–H and O–H groups in total. The standard InChI is InChI=1S/C16H23NO2.CH5N/c17-10-9-16(18)14-7-4-8-15(11-14)19-12-13-5-2-1-3-6-13;1-2/h4,7-8,10-11,13,16-18H,1-3,5-6,9,12H2;2H2,1H3. The summed E-state index contributed by atoms with van der Waals surface area (Å²) in [4.78, 5) is 0. The normalized spacial score (nSPS) is 16.5. The fraction of sp³-hybridized carbons (Fsp3) is 0.588. The molecule has 118 valence electrons. The van der Waals surface area contributed by atoms with Crippen molar-refractivity contribution in [3.05, 3.63) is 29.8 Å². The van der Waals surface area contributed by atoms with Gasteiger partial charge >= 0.3 is 0 Å². The summed E-state index contributed by atoms with van der Waals surface area (Å²) < 4.78 is 5.85. The lowest BCUT2D eigenvalue weighted by Crippen LogP contribution is -2.15. The van der Waals surface area contributed by atoms with Gasteiger partial charge in [0.05, 0.1) is 12.7 Å². The third kappa shape index (κ3) is 6.27. The lowest BCUT2D eigenvalue weighted by Gasteiger charge is -2.22. The van der Waals surface area contributed by atoms with Crippen LogP contribution < -0.4 is 10.5 Å². The fourth-order valence-corrected chi connectivity index (χ4v) is 2.63. The Balaban J connectivity index is 0.00000106. The van der Waals surface area contributed by atoms with Crippen LogP contribution in [0.3, 0.4) is 0 Å². The van der Waals surface area contributed by atoms with Crippen molar-refractivity contribution in [2.45, 2.75) is 44.6 Å². The minimum atomic E-state index is -0.601. The first-order valence-corrected chi connectivity index (χ1v) is 7.77. The molecular weight excluding hydrogens is 264 g/mol. The van der Waals surface area contributed by atoms with E-state index in [1.807, 2.05) is 24.3 Å². The zero-order valence-electron chi connectivity index (χ0n) is 12.9. The Hall–Kier alpha value is -1.39. The first-order valence-electron chi connectivity index (χ1n) is 7.77. The smallest absolute Gasteiger partial charge is 0.119 e. The molecule has 1 saturated carbocycles. The molecule has 2 rings (SSSR count). The Labute approximate surface area is 127 Å². The molecule has 4 nitrogen and oxygen atoms in total. The zero-order chi connectivity index (χ0) is 15.5. The number of hydrogen-bond donors (Lipinski definition) is 3. The average Bonchev–Trinajstić information content (AvgIpc) is 2.56. The lowest BCUT2D eigenvalue weighted by molar-refractivity contribution is 0.185. The molecule has 0 amide bonds. The van der Waals surface area contributed by atoms with Gasteiger partial charge in [-0.05, 0) is 49.7 Å². The second kappa shape index (κ2) is 10.4. The van der Waals surface area contributed by atoms with E-state index in [-0.39, 0.29) is 0 Å². The summed E-state index contributed by atoms with van der Waals surface area (Å²) in [6, 6.07) is 7.60. The molecule has 1 aliphatic rings. The number of ether oxygens (including phenoxy) is 1. The lowest BCUT2D eigenvalue weighted by atomic mass is 9.90. The summed E-state index contributed by atoms with van der Waals surface area (Å²) in [5.41, 5.74) is 5.32. The van der Waals surface area contributed by atoms with Gasteiger partial charge in [-0.25, -0.2) is 0 Å². The van der Waals surface area contributed by atoms with E-state index in [0.29, 0.717) is 12.3 Å². The molecule has 0 spiro atoms. The molecule has 1 atom stereocenters. The second-order valence-corrected chi connectivity index (χ2v) is 5.34. The molecule has 1 aromatic carbocycles. The number of rotatable bonds is 6. The van der Waals surface area contributed by atoms with Crippen molar-refractivity contribution in [3.8, 4) is 5.75 Å². The molecule has 0 radical (unpaired) electrons. The molecule has 1 aromatic rings. The number of aliphatic hydroxyl groups excluding tert-OH is 1. The summed E-state index contributed by atoms with van der Waals surface area (Å²) in [7, 11) is 1.50. The highest BCUT2D eigenvalue weighted by Crippen LogP contribution is 2.26. The third-order valence-corrected chi connectivity index (χ3v) is 3.79. The Bertz CT molecular complexity index is 404. The molecule has 0 aromatic heterocycles. The predicted octanol–water partition coefficient (Wildman–Crippen LogP) is 3.29. The molecule has 1 aliphatic carbocycles. The van der Waals surface area contributed by atoms with E-state index < -0.39 is 6.10 Å². The third-order valence-electron chi connectivity index (χ3n) is 3.79. The molecule has 0 saturated heterocycles. The van der Waals surface area contributed by atoms with Gasteiger partial charge in [0.25, 0.3) is 0 Å². The highest BCUT2D eigenvalue weighted by Gasteiger charge is 2.14. The van der Waals surface area contributed by atoms with E-state index >= 15 is 0 Å². The molecule has 4 heteroatoms. The average molecular weight is 292 g/mol. The second-order valence-electron chi connectivity index (χ2n) is 5.34. The van der Waals surface area contributed by atoms with Gasteiger partial charge in [0.1, 0.15) is 5.75 Å². The first kappa shape index (κ1) is 17.7. The van der Waals surface area contributed by atoms with E-state index in [0.717, 1.165) is 17.9 Å². The molecule has 0 bridgehead atoms. The minimum absolute atomic E-state index is 0.353. The van der Waals surface area contributed by atoms with E-state index in [2.05, 4.69) is 5.73 Å². The molecule has 0 heterocycles. The van der Waals surface area contributed by atoms with E-state index in [1.54, 1.807) is 0 Å². The van der Waals surface area contributed by atoms with Crippen LogP contribution in [0.15, 0.2) is 24.3 Å². The Morgan fingerprint density at radius 3 is 2.71 bits per heavy atom. The van der Waals surface area contributed by atoms with Crippen LogP contribution in [0.5, 0.6) is 5.75 Å². The van der Waals surface area contributed by atoms with Crippen molar-refractivity contribution in [3.63, 3.8) is 0 Å². The maximum atomic E-state index is 9.86. The maximum absolute atomic E-state index is 9.86. The summed E-state index contributed by atoms with van der Waals surface area (Å²) >= 11 is 0. The van der Waals surface area contributed by atoms with Crippen LogP contribution in [0.1, 0.15) is 50.2 Å². The molecular formula is C17H28N2O2. The monoisotopic (exact) mass is 292 g/mol. The summed E-state index contributed by atoms with van der Waals surface area (Å²) in [5.74, 6) is 1.51. The Morgan fingerprint density at radius 2 is 2.05 bits per heavy atom. The largest absolute Gasteiger partial charge is 0.493 e. The number of hydrogen-bond acceptors (Lipinski definition) is 4. The molecule has 21 heavy (non-hydrogen) atoms. The van der Waals surface area contributed by atoms with E-state index in [1.165, 1.54) is 45.4 Å². The van der Waals surface area contributed by atoms with Crippen LogP contribution in [0.2, 0.25) is 0 Å². The SMILES string of the molecule is CN.N=CCC(O)c1cccc(OCC2CCCCC2)c1. The van der Waals surface area contributed by atoms with Gasteiger partial charge in [-0.3, -0.25) is 0 Å². The molecule has 0 aliphatic heterocycles. The van der Waals surface area contributed by atoms with Crippen molar-refractivity contribution in [1.82, 2.24) is 0 Å². The topological polar surface area (TPSA) is 79.3 Å². The van der Waals surface area contributed by atoms with Crippen molar-refractivity contribution in [1.29, 1.82) is 5.41 Å². The Morgan fingerprint density at radius 1 is 1.33 bits per heavy atom. The number of benzene rings is 1. The number of aliphatic hydroxyl groups is 1. The van der Waals surface area contributed by atoms with Crippen molar-refractivity contribution < 1.29 is 9.84 Å². The van der Waals surface area contributed by atoms with Gasteiger partial charge in [0.2, 0.25) is 0 Å². The minimum Gasteiger partial charge on any atom is -0.493 e. The van der Waals surface area contributed by atoms with Gasteiger partial charge in [-0.15, -0.1) is 0 Å². The molecule has 1 fully saturated rings. The highest BCUT2D eigenvalue weighted by atomic mass is 16.5. The van der Waals surface area contributed by atoms with Crippen LogP contribution in [0.25, 0.3) is 0 Å². The highest BCUT2D eigenvalue weighted by molar-refractivity contribution is 5.54. The van der Waals surface area contributed by atoms with Crippen LogP contribution >= 0.6 is 0 Å². The van der Waals surface area contributed by atoms with Crippen molar-refractivity contribution in [2.75, 3.05) is 13.7 Å². The van der Waals surface area contributed by atoms with Gasteiger partial charge in [0, 0.05) is 6.42 Å². The van der Waals surface area contributed by atoms with E-state index in [9.17, 15) is 5.11 Å². The quantitative estimate of drug-likeness (QED) is 0.704. The van der Waals surface area contributed by atoms with Crippen LogP contribution in [-0.4, -0.2) is 25.0 Å². The van der Waals surface area contributed by atoms with Gasteiger partial charge in [-0.1, -0.05) is 31.4 Å². The Kier molecular flexibility index (Phi) is 8.71. The summed E-state index contributed by atoms with van der Waals surface area (Å²) in [6.07, 6.45) is 7.55. The van der Waals surface area contributed by atoms with Gasteiger partial charge < -0.3 is 21.0 Å². The first-order chi connectivity index (χ1) is 10.3. The zero-order valence-corrected chi connectivity index (χ0v) is 12.9. The number of nitrogens with one attached hydrogen (secondary N) is 1. The van der Waals surface area contributed by atoms with Crippen LogP contribution in [-0.2, 0) is 0 Å². The predicted molar refractivity (Wildman–Crippen MR) is 87.0 cm³/mol. The molecule has 1 unspecified atom stereocenters. The van der Waals surface area contributed by atoms with Gasteiger partial charge in [-0.2, -0.15) is 0 Å². The van der Waals surface area contributed by atoms with Crippen molar-refractivity contribution in [2.24, 2.45) is 11.7 Å². The van der Waals surface area contributed by atoms with Crippen LogP contribution in [0, 0.1) is 11.3 Å². The van der Waals surface area contributed by atoms with E-state index in [4.69, 9.17) is 10.1 Å². The maximum Gasteiger partial charge on any atom is 0.119 e. The van der Waals surface area contributed by atoms with Crippen LogP contribution in [0.4, 0.5) is 0 Å². The van der Waals surface area contributed by atoms with Crippen molar-refractivity contribution >= 4 is 6.21 Å². The summed E-state index contributed by atoms with van der Waals surface area (Å²) in [5, 5.41) is 16.9. The summed E-state index contributed by atoms with van der Waals surface area (Å²) in [6.45, 7) is 0.782.